The van der Waals surface area contributed by atoms with Gasteiger partial charge in [-0.25, -0.2) is 17.9 Å². The van der Waals surface area contributed by atoms with Crippen LogP contribution in [0.15, 0.2) is 29.2 Å². The summed E-state index contributed by atoms with van der Waals surface area (Å²) in [5, 5.41) is 7.69. The summed E-state index contributed by atoms with van der Waals surface area (Å²) >= 11 is 0. The SMILES string of the molecule is O=C(NC1CCCCC1)NS(=O)(=O)c1ccc(-n2c(C(F)(F)F)nnc2C(F)(F)F)cc1. The molecule has 0 bridgehead atoms. The van der Waals surface area contributed by atoms with E-state index in [0.717, 1.165) is 43.5 Å². The Morgan fingerprint density at radius 2 is 1.41 bits per heavy atom. The third-order valence-electron chi connectivity index (χ3n) is 4.74. The van der Waals surface area contributed by atoms with Gasteiger partial charge in [-0.2, -0.15) is 26.3 Å². The highest BCUT2D eigenvalue weighted by Crippen LogP contribution is 2.36. The third-order valence-corrected chi connectivity index (χ3v) is 6.09. The van der Waals surface area contributed by atoms with Crippen molar-refractivity contribution < 1.29 is 39.6 Å². The van der Waals surface area contributed by atoms with Crippen LogP contribution in [-0.2, 0) is 22.4 Å². The predicted octanol–water partition coefficient (Wildman–Crippen LogP) is 3.63. The van der Waals surface area contributed by atoms with Gasteiger partial charge in [-0.3, -0.25) is 4.57 Å². The normalized spacial score (nSPS) is 16.1. The van der Waals surface area contributed by atoms with Crippen molar-refractivity contribution in [2.24, 2.45) is 0 Å². The molecule has 1 aliphatic carbocycles. The minimum atomic E-state index is -5.25. The maximum Gasteiger partial charge on any atom is 0.452 e. The van der Waals surface area contributed by atoms with Crippen LogP contribution >= 0.6 is 0 Å². The van der Waals surface area contributed by atoms with E-state index in [9.17, 15) is 39.6 Å². The molecule has 0 aliphatic heterocycles. The van der Waals surface area contributed by atoms with Crippen LogP contribution in [0.25, 0.3) is 5.69 Å². The van der Waals surface area contributed by atoms with Crippen LogP contribution in [0.3, 0.4) is 0 Å². The molecular weight excluding hydrogens is 468 g/mol. The molecule has 176 valence electrons. The lowest BCUT2D eigenvalue weighted by Crippen LogP contribution is -2.45. The molecule has 32 heavy (non-hydrogen) atoms. The van der Waals surface area contributed by atoms with Crippen molar-refractivity contribution in [2.45, 2.75) is 55.4 Å². The van der Waals surface area contributed by atoms with E-state index in [1.165, 1.54) is 0 Å². The van der Waals surface area contributed by atoms with Crippen LogP contribution in [0.5, 0.6) is 0 Å². The lowest BCUT2D eigenvalue weighted by atomic mass is 9.96. The van der Waals surface area contributed by atoms with E-state index in [-0.39, 0.29) is 10.6 Å². The molecule has 0 atom stereocenters. The Bertz CT molecular complexity index is 1040. The number of alkyl halides is 6. The fourth-order valence-electron chi connectivity index (χ4n) is 3.31. The third kappa shape index (κ3) is 5.31. The second-order valence-corrected chi connectivity index (χ2v) is 8.77. The Morgan fingerprint density at radius 1 is 0.906 bits per heavy atom. The van der Waals surface area contributed by atoms with Gasteiger partial charge < -0.3 is 5.32 Å². The molecule has 0 saturated heterocycles. The summed E-state index contributed by atoms with van der Waals surface area (Å²) in [5.74, 6) is -3.85. The Balaban J connectivity index is 1.85. The number of carbonyl (C=O) groups is 1. The van der Waals surface area contributed by atoms with Crippen molar-refractivity contribution in [3.8, 4) is 5.69 Å². The van der Waals surface area contributed by atoms with Crippen molar-refractivity contribution >= 4 is 16.1 Å². The van der Waals surface area contributed by atoms with Crippen molar-refractivity contribution in [2.75, 3.05) is 0 Å². The molecule has 1 aliphatic rings. The summed E-state index contributed by atoms with van der Waals surface area (Å²) in [5.41, 5.74) is -0.666. The van der Waals surface area contributed by atoms with Gasteiger partial charge in [-0.05, 0) is 37.1 Å². The molecule has 15 heteroatoms. The molecule has 8 nitrogen and oxygen atoms in total. The molecule has 1 heterocycles. The van der Waals surface area contributed by atoms with Crippen LogP contribution in [0, 0.1) is 0 Å². The van der Waals surface area contributed by atoms with Crippen LogP contribution in [0.2, 0.25) is 0 Å². The summed E-state index contributed by atoms with van der Waals surface area (Å²) < 4.78 is 105. The first-order chi connectivity index (χ1) is 14.8. The standard InChI is InChI=1S/C17H17F6N5O3S/c18-16(19,20)13-25-26-14(17(21,22)23)28(13)11-6-8-12(9-7-11)32(30,31)27-15(29)24-10-4-2-1-3-5-10/h6-10H,1-5H2,(H2,24,27,29). The number of urea groups is 1. The fourth-order valence-corrected chi connectivity index (χ4v) is 4.23. The maximum absolute atomic E-state index is 13.1. The summed E-state index contributed by atoms with van der Waals surface area (Å²) in [7, 11) is -4.42. The Hall–Kier alpha value is -2.84. The maximum atomic E-state index is 13.1. The topological polar surface area (TPSA) is 106 Å². The number of rotatable bonds is 4. The van der Waals surface area contributed by atoms with Gasteiger partial charge in [0.15, 0.2) is 0 Å². The van der Waals surface area contributed by atoms with Crippen LogP contribution in [0.4, 0.5) is 31.1 Å². The number of hydrogen-bond donors (Lipinski definition) is 2. The Labute approximate surface area is 178 Å². The zero-order valence-electron chi connectivity index (χ0n) is 16.2. The molecule has 1 fully saturated rings. The van der Waals surface area contributed by atoms with Gasteiger partial charge in [0.1, 0.15) is 0 Å². The van der Waals surface area contributed by atoms with Gasteiger partial charge in [-0.15, -0.1) is 10.2 Å². The molecule has 2 aromatic rings. The minimum absolute atomic E-state index is 0.184. The monoisotopic (exact) mass is 485 g/mol. The number of nitrogens with one attached hydrogen (secondary N) is 2. The molecule has 1 aromatic carbocycles. The number of nitrogens with zero attached hydrogens (tertiary/aromatic N) is 3. The Morgan fingerprint density at radius 3 is 1.88 bits per heavy atom. The van der Waals surface area contributed by atoms with Gasteiger partial charge in [0.25, 0.3) is 10.0 Å². The van der Waals surface area contributed by atoms with Gasteiger partial charge in [0, 0.05) is 11.7 Å². The average molecular weight is 485 g/mol. The lowest BCUT2D eigenvalue weighted by molar-refractivity contribution is -0.153. The first kappa shape index (κ1) is 23.8. The Kier molecular flexibility index (Phi) is 6.40. The summed E-state index contributed by atoms with van der Waals surface area (Å²) in [6.45, 7) is 0. The van der Waals surface area contributed by atoms with E-state index >= 15 is 0 Å². The largest absolute Gasteiger partial charge is 0.452 e. The zero-order chi connectivity index (χ0) is 23.7. The van der Waals surface area contributed by atoms with E-state index in [1.807, 2.05) is 0 Å². The molecule has 0 spiro atoms. The van der Waals surface area contributed by atoms with E-state index < -0.39 is 50.6 Å². The van der Waals surface area contributed by atoms with Crippen molar-refractivity contribution in [1.29, 1.82) is 0 Å². The highest BCUT2D eigenvalue weighted by Gasteiger charge is 2.45. The summed E-state index contributed by atoms with van der Waals surface area (Å²) in [6.07, 6.45) is -6.30. The van der Waals surface area contributed by atoms with Crippen LogP contribution in [-0.4, -0.2) is 35.3 Å². The number of halogens is 6. The smallest absolute Gasteiger partial charge is 0.335 e. The van der Waals surface area contributed by atoms with Crippen LogP contribution in [0.1, 0.15) is 43.8 Å². The highest BCUT2D eigenvalue weighted by molar-refractivity contribution is 7.90. The van der Waals surface area contributed by atoms with Gasteiger partial charge in [0.05, 0.1) is 4.90 Å². The van der Waals surface area contributed by atoms with Crippen molar-refractivity contribution in [3.05, 3.63) is 35.9 Å². The molecule has 1 aromatic heterocycles. The molecule has 2 N–H and O–H groups in total. The summed E-state index contributed by atoms with van der Waals surface area (Å²) in [6, 6.07) is 1.83. The highest BCUT2D eigenvalue weighted by atomic mass is 32.2. The number of hydrogen-bond acceptors (Lipinski definition) is 5. The van der Waals surface area contributed by atoms with Gasteiger partial charge in [-0.1, -0.05) is 19.3 Å². The summed E-state index contributed by atoms with van der Waals surface area (Å²) in [4.78, 5) is 11.5. The van der Waals surface area contributed by atoms with E-state index in [4.69, 9.17) is 0 Å². The van der Waals surface area contributed by atoms with Gasteiger partial charge in [0.2, 0.25) is 11.6 Å². The number of amides is 2. The fraction of sp³-hybridized carbons (Fsp3) is 0.471. The number of benzene rings is 1. The van der Waals surface area contributed by atoms with Crippen LogP contribution < -0.4 is 10.0 Å². The second kappa shape index (κ2) is 8.60. The molecule has 0 radical (unpaired) electrons. The molecule has 0 unspecified atom stereocenters. The molecule has 2 amide bonds. The lowest BCUT2D eigenvalue weighted by Gasteiger charge is -2.22. The van der Waals surface area contributed by atoms with E-state index in [2.05, 4.69) is 15.5 Å². The molecule has 3 rings (SSSR count). The van der Waals surface area contributed by atoms with Crippen molar-refractivity contribution in [3.63, 3.8) is 0 Å². The minimum Gasteiger partial charge on any atom is -0.335 e. The van der Waals surface area contributed by atoms with Gasteiger partial charge >= 0.3 is 18.4 Å². The first-order valence-corrected chi connectivity index (χ1v) is 10.8. The number of aromatic nitrogens is 3. The molecule has 1 saturated carbocycles. The number of sulfonamides is 1. The van der Waals surface area contributed by atoms with E-state index in [1.54, 1.807) is 4.72 Å². The quantitative estimate of drug-likeness (QED) is 0.644. The molecular formula is C17H17F6N5O3S. The average Bonchev–Trinajstić information content (AvgIpc) is 3.14. The number of carbonyl (C=O) groups excluding carboxylic acids is 1. The van der Waals surface area contributed by atoms with E-state index in [0.29, 0.717) is 12.8 Å². The first-order valence-electron chi connectivity index (χ1n) is 9.32. The predicted molar refractivity (Wildman–Crippen MR) is 97.1 cm³/mol. The zero-order valence-corrected chi connectivity index (χ0v) is 17.0. The second-order valence-electron chi connectivity index (χ2n) is 7.09. The van der Waals surface area contributed by atoms with Crippen molar-refractivity contribution in [1.82, 2.24) is 24.8 Å².